The minimum Gasteiger partial charge on any atom is -0.481 e. The topological polar surface area (TPSA) is 63.6 Å². The predicted molar refractivity (Wildman–Crippen MR) is 54.3 cm³/mol. The average molecular weight is 214 g/mol. The lowest BCUT2D eigenvalue weighted by molar-refractivity contribution is -0.159. The molecule has 1 fully saturated rings. The van der Waals surface area contributed by atoms with Gasteiger partial charge in [-0.25, -0.2) is 0 Å². The van der Waals surface area contributed by atoms with Gasteiger partial charge in [-0.15, -0.1) is 0 Å². The summed E-state index contributed by atoms with van der Waals surface area (Å²) in [5, 5.41) is 8.93. The number of carbonyl (C=O) groups excluding carboxylic acids is 1. The first-order chi connectivity index (χ1) is 7.15. The molecule has 0 aromatic rings. The molecule has 0 unspecified atom stereocenters. The van der Waals surface area contributed by atoms with Crippen LogP contribution in [-0.2, 0) is 14.3 Å². The van der Waals surface area contributed by atoms with Crippen LogP contribution in [0.15, 0.2) is 0 Å². The quantitative estimate of drug-likeness (QED) is 0.560. The van der Waals surface area contributed by atoms with Crippen LogP contribution in [0, 0.1) is 11.8 Å². The molecule has 1 atom stereocenters. The van der Waals surface area contributed by atoms with Gasteiger partial charge in [-0.3, -0.25) is 9.59 Å². The second-order valence-corrected chi connectivity index (χ2v) is 4.03. The maximum Gasteiger partial charge on any atom is 0.320 e. The average Bonchev–Trinajstić information content (AvgIpc) is 2.66. The van der Waals surface area contributed by atoms with Crippen molar-refractivity contribution in [1.29, 1.82) is 0 Å². The van der Waals surface area contributed by atoms with Crippen LogP contribution < -0.4 is 0 Å². The summed E-state index contributed by atoms with van der Waals surface area (Å²) < 4.78 is 4.76. The number of rotatable bonds is 5. The summed E-state index contributed by atoms with van der Waals surface area (Å²) in [7, 11) is 0. The van der Waals surface area contributed by atoms with E-state index >= 15 is 0 Å². The van der Waals surface area contributed by atoms with Crippen molar-refractivity contribution in [2.75, 3.05) is 6.61 Å². The monoisotopic (exact) mass is 214 g/mol. The number of ether oxygens (including phenoxy) is 1. The molecular formula is C11H18O4. The molecule has 86 valence electrons. The molecule has 0 aromatic heterocycles. The Labute approximate surface area is 89.6 Å². The Bertz CT molecular complexity index is 231. The third kappa shape index (κ3) is 3.53. The van der Waals surface area contributed by atoms with E-state index in [1.165, 1.54) is 0 Å². The van der Waals surface area contributed by atoms with Crippen LogP contribution in [0.4, 0.5) is 0 Å². The smallest absolute Gasteiger partial charge is 0.320 e. The highest BCUT2D eigenvalue weighted by Crippen LogP contribution is 2.30. The van der Waals surface area contributed by atoms with Crippen molar-refractivity contribution in [2.45, 2.75) is 39.0 Å². The Balaban J connectivity index is 2.49. The Morgan fingerprint density at radius 1 is 1.40 bits per heavy atom. The van der Waals surface area contributed by atoms with Gasteiger partial charge in [0.25, 0.3) is 0 Å². The molecule has 0 heterocycles. The molecule has 4 nitrogen and oxygen atoms in total. The summed E-state index contributed by atoms with van der Waals surface area (Å²) in [6, 6.07) is 0. The number of carboxylic acids is 1. The highest BCUT2D eigenvalue weighted by Gasteiger charge is 2.31. The van der Waals surface area contributed by atoms with E-state index in [0.717, 1.165) is 25.7 Å². The van der Waals surface area contributed by atoms with E-state index < -0.39 is 17.9 Å². The Hall–Kier alpha value is -1.06. The van der Waals surface area contributed by atoms with Crippen LogP contribution >= 0.6 is 0 Å². The van der Waals surface area contributed by atoms with Crippen molar-refractivity contribution >= 4 is 11.9 Å². The van der Waals surface area contributed by atoms with Crippen molar-refractivity contribution in [3.63, 3.8) is 0 Å². The molecule has 0 radical (unpaired) electrons. The predicted octanol–water partition coefficient (Wildman–Crippen LogP) is 1.83. The number of esters is 1. The third-order valence-corrected chi connectivity index (χ3v) is 2.91. The van der Waals surface area contributed by atoms with E-state index in [1.54, 1.807) is 6.92 Å². The van der Waals surface area contributed by atoms with Crippen molar-refractivity contribution in [1.82, 2.24) is 0 Å². The Morgan fingerprint density at radius 3 is 2.47 bits per heavy atom. The zero-order valence-electron chi connectivity index (χ0n) is 9.07. The SMILES string of the molecule is CCOC(=O)[C@H](CC1CCCC1)C(=O)O. The van der Waals surface area contributed by atoms with Gasteiger partial charge in [-0.05, 0) is 19.3 Å². The van der Waals surface area contributed by atoms with Crippen molar-refractivity contribution in [3.8, 4) is 0 Å². The number of carboxylic acid groups (broad SMARTS) is 1. The number of hydrogen-bond donors (Lipinski definition) is 1. The van der Waals surface area contributed by atoms with Crippen molar-refractivity contribution < 1.29 is 19.4 Å². The van der Waals surface area contributed by atoms with Crippen LogP contribution in [0.5, 0.6) is 0 Å². The number of hydrogen-bond acceptors (Lipinski definition) is 3. The lowest BCUT2D eigenvalue weighted by atomic mass is 9.93. The van der Waals surface area contributed by atoms with Gasteiger partial charge >= 0.3 is 11.9 Å². The molecule has 0 amide bonds. The molecule has 0 aromatic carbocycles. The number of carbonyl (C=O) groups is 2. The van der Waals surface area contributed by atoms with Crippen LogP contribution in [0.1, 0.15) is 39.0 Å². The number of aliphatic carboxylic acids is 1. The first-order valence-corrected chi connectivity index (χ1v) is 5.54. The van der Waals surface area contributed by atoms with E-state index in [0.29, 0.717) is 12.3 Å². The zero-order chi connectivity index (χ0) is 11.3. The summed E-state index contributed by atoms with van der Waals surface area (Å²) in [6.45, 7) is 1.93. The van der Waals surface area contributed by atoms with Gasteiger partial charge in [0, 0.05) is 0 Å². The van der Waals surface area contributed by atoms with Gasteiger partial charge in [-0.1, -0.05) is 25.7 Å². The van der Waals surface area contributed by atoms with Crippen LogP contribution in [0.2, 0.25) is 0 Å². The van der Waals surface area contributed by atoms with E-state index in [1.807, 2.05) is 0 Å². The fraction of sp³-hybridized carbons (Fsp3) is 0.818. The zero-order valence-corrected chi connectivity index (χ0v) is 9.07. The molecular weight excluding hydrogens is 196 g/mol. The fourth-order valence-electron chi connectivity index (χ4n) is 2.12. The molecule has 0 saturated heterocycles. The van der Waals surface area contributed by atoms with Crippen LogP contribution in [-0.4, -0.2) is 23.7 Å². The molecule has 1 N–H and O–H groups in total. The molecule has 1 rings (SSSR count). The summed E-state index contributed by atoms with van der Waals surface area (Å²) in [5.41, 5.74) is 0. The first-order valence-electron chi connectivity index (χ1n) is 5.54. The molecule has 1 aliphatic carbocycles. The van der Waals surface area contributed by atoms with Crippen molar-refractivity contribution in [3.05, 3.63) is 0 Å². The maximum atomic E-state index is 11.4. The minimum absolute atomic E-state index is 0.243. The van der Waals surface area contributed by atoms with E-state index in [2.05, 4.69) is 0 Å². The molecule has 0 bridgehead atoms. The lowest BCUT2D eigenvalue weighted by Crippen LogP contribution is -2.27. The highest BCUT2D eigenvalue weighted by molar-refractivity contribution is 5.93. The van der Waals surface area contributed by atoms with E-state index in [-0.39, 0.29) is 6.61 Å². The minimum atomic E-state index is -1.06. The molecule has 0 spiro atoms. The van der Waals surface area contributed by atoms with E-state index in [4.69, 9.17) is 9.84 Å². The van der Waals surface area contributed by atoms with Crippen LogP contribution in [0.3, 0.4) is 0 Å². The standard InChI is InChI=1S/C11H18O4/c1-2-15-11(14)9(10(12)13)7-8-5-3-4-6-8/h8-9H,2-7H2,1H3,(H,12,13)/t9-/m1/s1. The Kier molecular flexibility index (Phi) is 4.59. The lowest BCUT2D eigenvalue weighted by Gasteiger charge is -2.15. The van der Waals surface area contributed by atoms with Crippen LogP contribution in [0.25, 0.3) is 0 Å². The molecule has 15 heavy (non-hydrogen) atoms. The van der Waals surface area contributed by atoms with Gasteiger partial charge in [0.1, 0.15) is 0 Å². The molecule has 1 aliphatic rings. The first kappa shape index (κ1) is 12.0. The van der Waals surface area contributed by atoms with Gasteiger partial charge < -0.3 is 9.84 Å². The molecule has 1 saturated carbocycles. The fourth-order valence-corrected chi connectivity index (χ4v) is 2.12. The maximum absolute atomic E-state index is 11.4. The largest absolute Gasteiger partial charge is 0.481 e. The summed E-state index contributed by atoms with van der Waals surface area (Å²) in [6.07, 6.45) is 4.83. The molecule has 4 heteroatoms. The summed E-state index contributed by atoms with van der Waals surface area (Å²) in [4.78, 5) is 22.3. The summed E-state index contributed by atoms with van der Waals surface area (Å²) >= 11 is 0. The normalized spacial score (nSPS) is 18.7. The second-order valence-electron chi connectivity index (χ2n) is 4.03. The Morgan fingerprint density at radius 2 is 2.00 bits per heavy atom. The molecule has 0 aliphatic heterocycles. The van der Waals surface area contributed by atoms with Crippen molar-refractivity contribution in [2.24, 2.45) is 11.8 Å². The highest BCUT2D eigenvalue weighted by atomic mass is 16.5. The van der Waals surface area contributed by atoms with Gasteiger partial charge in [0.05, 0.1) is 6.61 Å². The van der Waals surface area contributed by atoms with Gasteiger partial charge in [0.15, 0.2) is 5.92 Å². The van der Waals surface area contributed by atoms with E-state index in [9.17, 15) is 9.59 Å². The third-order valence-electron chi connectivity index (χ3n) is 2.91. The second kappa shape index (κ2) is 5.73. The van der Waals surface area contributed by atoms with Gasteiger partial charge in [-0.2, -0.15) is 0 Å². The van der Waals surface area contributed by atoms with Gasteiger partial charge in [0.2, 0.25) is 0 Å². The summed E-state index contributed by atoms with van der Waals surface area (Å²) in [5.74, 6) is -2.22.